The molecule has 10 atom stereocenters. The van der Waals surface area contributed by atoms with Crippen molar-refractivity contribution in [3.8, 4) is 0 Å². The average Bonchev–Trinajstić information content (AvgIpc) is 3.34. The van der Waals surface area contributed by atoms with E-state index in [-0.39, 0.29) is 13.2 Å². The van der Waals surface area contributed by atoms with Crippen molar-refractivity contribution < 1.29 is 70.4 Å². The van der Waals surface area contributed by atoms with Crippen LogP contribution in [-0.4, -0.2) is 124 Å². The number of fused-ring (bicyclic) bond motifs is 3. The molecule has 0 spiro atoms. The van der Waals surface area contributed by atoms with E-state index in [1.807, 2.05) is 0 Å². The molecule has 4 aliphatic rings. The van der Waals surface area contributed by atoms with E-state index >= 15 is 0 Å². The molecule has 42 heavy (non-hydrogen) atoms. The van der Waals surface area contributed by atoms with Gasteiger partial charge in [-0.15, -0.1) is 0 Å². The van der Waals surface area contributed by atoms with Crippen molar-refractivity contribution in [3.63, 3.8) is 0 Å². The summed E-state index contributed by atoms with van der Waals surface area (Å²) in [7, 11) is 0. The van der Waals surface area contributed by atoms with E-state index in [1.54, 1.807) is 27.7 Å². The Kier molecular flexibility index (Phi) is 10.2. The Morgan fingerprint density at radius 2 is 1.17 bits per heavy atom. The Morgan fingerprint density at radius 1 is 0.619 bits per heavy atom. The molecule has 0 radical (unpaired) electrons. The van der Waals surface area contributed by atoms with Gasteiger partial charge in [0.25, 0.3) is 0 Å². The van der Waals surface area contributed by atoms with Crippen LogP contribution in [-0.2, 0) is 70.4 Å². The maximum absolute atomic E-state index is 12.1. The predicted octanol–water partition coefficient (Wildman–Crippen LogP) is 0.102. The van der Waals surface area contributed by atoms with E-state index in [9.17, 15) is 19.2 Å². The van der Waals surface area contributed by atoms with Crippen molar-refractivity contribution >= 4 is 39.2 Å². The van der Waals surface area contributed by atoms with Gasteiger partial charge in [-0.3, -0.25) is 0 Å². The summed E-state index contributed by atoms with van der Waals surface area (Å²) in [6.45, 7) is 11.5. The maximum atomic E-state index is 12.1. The minimum atomic E-state index is -1.27. The summed E-state index contributed by atoms with van der Waals surface area (Å²) in [5.74, 6) is -4.49. The molecule has 4 heterocycles. The van der Waals surface area contributed by atoms with Gasteiger partial charge >= 0.3 is 250 Å². The molecule has 0 saturated carbocycles. The van der Waals surface area contributed by atoms with Crippen LogP contribution in [0.3, 0.4) is 0 Å². The number of carbonyl (C=O) groups excluding carboxylic acids is 4. The van der Waals surface area contributed by atoms with Gasteiger partial charge < -0.3 is 0 Å². The molecule has 0 aliphatic carbocycles. The average molecular weight is 670 g/mol. The fourth-order valence-electron chi connectivity index (χ4n) is 5.27. The normalized spacial score (nSPS) is 38.1. The topological polar surface area (TPSA) is 170 Å². The first kappa shape index (κ1) is 33.0. The van der Waals surface area contributed by atoms with Crippen LogP contribution in [0.2, 0.25) is 0 Å². The number of carbonyl (C=O) groups is 4. The van der Waals surface area contributed by atoms with E-state index in [0.29, 0.717) is 0 Å². The summed E-state index contributed by atoms with van der Waals surface area (Å²) >= 11 is -0.898. The summed E-state index contributed by atoms with van der Waals surface area (Å²) in [6.07, 6.45) is -7.63. The number of esters is 4. The molecular weight excluding hydrogens is 631 g/mol. The predicted molar refractivity (Wildman–Crippen MR) is 136 cm³/mol. The molecule has 4 fully saturated rings. The second-order valence-electron chi connectivity index (χ2n) is 11.2. The first-order chi connectivity index (χ1) is 19.5. The van der Waals surface area contributed by atoms with Crippen molar-refractivity contribution in [2.75, 3.05) is 13.2 Å². The fraction of sp³-hybridized carbons (Fsp3) is 0.846. The first-order valence-corrected chi connectivity index (χ1v) is 15.2. The molecule has 15 nitrogen and oxygen atoms in total. The van der Waals surface area contributed by atoms with E-state index < -0.39 is 111 Å². The molecule has 0 bridgehead atoms. The van der Waals surface area contributed by atoms with Crippen molar-refractivity contribution in [1.29, 1.82) is 0 Å². The van der Waals surface area contributed by atoms with Gasteiger partial charge in [-0.1, -0.05) is 0 Å². The molecule has 4 saturated heterocycles. The number of rotatable bonds is 9. The molecule has 238 valence electrons. The number of hydrogen-bond acceptors (Lipinski definition) is 15. The molecule has 0 unspecified atom stereocenters. The van der Waals surface area contributed by atoms with Crippen LogP contribution in [0.1, 0.15) is 55.4 Å². The molecule has 0 aromatic heterocycles. The molecule has 16 heteroatoms. The van der Waals surface area contributed by atoms with Gasteiger partial charge in [0, 0.05) is 0 Å². The standard InChI is InChI=1S/C26H38O15Se/c1-11(27)31-9-15-17(33-12(2)28)19(34-13(3)29)22(35-14(4)30)24(37-15)42-32-10-16-18-20(39-25(5,6)38-18)21-23(36-16)41-26(7,8)40-21/h15-24H,9-10H2,1-8H3/t15-,16-,17-,18+,19+,20+,21-,22-,23-,24-/m1/s1. The van der Waals surface area contributed by atoms with E-state index in [1.165, 1.54) is 13.8 Å². The summed E-state index contributed by atoms with van der Waals surface area (Å²) < 4.78 is 64.1. The molecule has 0 aromatic rings. The van der Waals surface area contributed by atoms with Crippen molar-refractivity contribution in [3.05, 3.63) is 0 Å². The minimum absolute atomic E-state index is 0.0144. The molecule has 0 amide bonds. The van der Waals surface area contributed by atoms with Crippen LogP contribution in [0.25, 0.3) is 0 Å². The van der Waals surface area contributed by atoms with E-state index in [4.69, 9.17) is 51.2 Å². The van der Waals surface area contributed by atoms with Crippen LogP contribution < -0.4 is 0 Å². The van der Waals surface area contributed by atoms with Crippen LogP contribution in [0.5, 0.6) is 0 Å². The van der Waals surface area contributed by atoms with Crippen LogP contribution in [0.15, 0.2) is 0 Å². The van der Waals surface area contributed by atoms with Gasteiger partial charge in [-0.25, -0.2) is 0 Å². The first-order valence-electron chi connectivity index (χ1n) is 13.5. The van der Waals surface area contributed by atoms with Gasteiger partial charge in [0.15, 0.2) is 0 Å². The summed E-state index contributed by atoms with van der Waals surface area (Å²) in [4.78, 5) is 47.6. The van der Waals surface area contributed by atoms with Crippen LogP contribution in [0, 0.1) is 0 Å². The Labute approximate surface area is 249 Å². The summed E-state index contributed by atoms with van der Waals surface area (Å²) in [5, 5.41) is -0.965. The van der Waals surface area contributed by atoms with Gasteiger partial charge in [0.05, 0.1) is 0 Å². The van der Waals surface area contributed by atoms with Gasteiger partial charge in [0.2, 0.25) is 0 Å². The van der Waals surface area contributed by atoms with Crippen molar-refractivity contribution in [1.82, 2.24) is 0 Å². The van der Waals surface area contributed by atoms with Crippen molar-refractivity contribution in [2.45, 2.75) is 127 Å². The van der Waals surface area contributed by atoms with Crippen LogP contribution >= 0.6 is 0 Å². The van der Waals surface area contributed by atoms with Crippen LogP contribution in [0.4, 0.5) is 0 Å². The Balaban J connectivity index is 1.52. The summed E-state index contributed by atoms with van der Waals surface area (Å²) in [5.41, 5.74) is 0. The second-order valence-corrected chi connectivity index (χ2v) is 13.0. The molecular formula is C26H38O15Se. The molecule has 0 N–H and O–H groups in total. The SMILES string of the molecule is CC(=O)OC[C@H]1O[C@H]([Se]OC[C@H]2O[C@@H]3OC(C)(C)O[C@@H]3[C@H]3OC(C)(C)O[C@H]32)[C@H](OC(C)=O)[C@@H](OC(C)=O)[C@@H]1OC(C)=O. The third-order valence-corrected chi connectivity index (χ3v) is 8.36. The summed E-state index contributed by atoms with van der Waals surface area (Å²) in [6, 6.07) is 0. The zero-order valence-corrected chi connectivity index (χ0v) is 26.4. The monoisotopic (exact) mass is 670 g/mol. The Bertz CT molecular complexity index is 1030. The number of hydrogen-bond donors (Lipinski definition) is 0. The number of ether oxygens (including phenoxy) is 10. The fourth-order valence-corrected chi connectivity index (χ4v) is 7.06. The Morgan fingerprint density at radius 3 is 1.79 bits per heavy atom. The van der Waals surface area contributed by atoms with E-state index in [2.05, 4.69) is 0 Å². The quantitative estimate of drug-likeness (QED) is 0.184. The van der Waals surface area contributed by atoms with Crippen molar-refractivity contribution in [2.24, 2.45) is 0 Å². The molecule has 0 aromatic carbocycles. The van der Waals surface area contributed by atoms with E-state index in [0.717, 1.165) is 13.8 Å². The molecule has 4 aliphatic heterocycles. The van der Waals surface area contributed by atoms with Gasteiger partial charge in [-0.2, -0.15) is 0 Å². The van der Waals surface area contributed by atoms with Gasteiger partial charge in [0.1, 0.15) is 0 Å². The van der Waals surface area contributed by atoms with Gasteiger partial charge in [-0.05, 0) is 0 Å². The third kappa shape index (κ3) is 7.98. The zero-order chi connectivity index (χ0) is 31.0. The third-order valence-electron chi connectivity index (χ3n) is 6.59. The second kappa shape index (κ2) is 13.0. The molecule has 4 rings (SSSR count). The zero-order valence-electron chi connectivity index (χ0n) is 24.7. The Hall–Kier alpha value is -1.88.